The average molecular weight is 442 g/mol. The summed E-state index contributed by atoms with van der Waals surface area (Å²) in [6.45, 7) is 4.70. The van der Waals surface area contributed by atoms with Gasteiger partial charge < -0.3 is 15.5 Å². The Morgan fingerprint density at radius 3 is 2.57 bits per heavy atom. The fraction of sp³-hybridized carbons (Fsp3) is 0.238. The zero-order valence-electron chi connectivity index (χ0n) is 16.8. The van der Waals surface area contributed by atoms with Crippen molar-refractivity contribution in [2.45, 2.75) is 24.7 Å². The lowest BCUT2D eigenvalue weighted by atomic mass is 10.2. The molecule has 0 saturated heterocycles. The quantitative estimate of drug-likeness (QED) is 0.479. The number of rotatable bonds is 9. The zero-order chi connectivity index (χ0) is 21.3. The maximum atomic E-state index is 12.6. The molecule has 2 aromatic carbocycles. The minimum atomic E-state index is -0.125. The molecule has 0 saturated carbocycles. The van der Waals surface area contributed by atoms with E-state index in [2.05, 4.69) is 20.8 Å². The molecule has 0 unspecified atom stereocenters. The van der Waals surface area contributed by atoms with Gasteiger partial charge in [-0.15, -0.1) is 10.2 Å². The second kappa shape index (κ2) is 10.7. The molecule has 3 aromatic rings. The SMILES string of the molecule is CCN(Cc1ccccc1)C(=O)CSc1nnc(Nc2cccc(NC(C)=O)c2)s1. The molecular formula is C21H23N5O2S2. The van der Waals surface area contributed by atoms with Crippen LogP contribution >= 0.6 is 23.1 Å². The minimum Gasteiger partial charge on any atom is -0.338 e. The van der Waals surface area contributed by atoms with Crippen LogP contribution in [-0.2, 0) is 16.1 Å². The van der Waals surface area contributed by atoms with Crippen LogP contribution in [-0.4, -0.2) is 39.2 Å². The highest BCUT2D eigenvalue weighted by molar-refractivity contribution is 8.01. The molecule has 0 aliphatic heterocycles. The molecule has 0 aliphatic rings. The summed E-state index contributed by atoms with van der Waals surface area (Å²) in [6, 6.07) is 17.3. The number of aromatic nitrogens is 2. The van der Waals surface area contributed by atoms with Gasteiger partial charge in [0.25, 0.3) is 0 Å². The van der Waals surface area contributed by atoms with Crippen LogP contribution in [0, 0.1) is 0 Å². The second-order valence-corrected chi connectivity index (χ2v) is 8.64. The molecule has 7 nitrogen and oxygen atoms in total. The third-order valence-electron chi connectivity index (χ3n) is 4.11. The summed E-state index contributed by atoms with van der Waals surface area (Å²) in [5, 5.41) is 14.8. The molecular weight excluding hydrogens is 418 g/mol. The number of amides is 2. The summed E-state index contributed by atoms with van der Waals surface area (Å²) in [4.78, 5) is 25.6. The normalized spacial score (nSPS) is 10.5. The van der Waals surface area contributed by atoms with Crippen molar-refractivity contribution in [1.82, 2.24) is 15.1 Å². The predicted octanol–water partition coefficient (Wildman–Crippen LogP) is 4.38. The van der Waals surface area contributed by atoms with E-state index in [-0.39, 0.29) is 11.8 Å². The molecule has 0 spiro atoms. The van der Waals surface area contributed by atoms with Crippen LogP contribution < -0.4 is 10.6 Å². The van der Waals surface area contributed by atoms with Gasteiger partial charge in [0.15, 0.2) is 4.34 Å². The highest BCUT2D eigenvalue weighted by Gasteiger charge is 2.14. The van der Waals surface area contributed by atoms with E-state index < -0.39 is 0 Å². The van der Waals surface area contributed by atoms with E-state index in [1.165, 1.54) is 30.0 Å². The van der Waals surface area contributed by atoms with Crippen molar-refractivity contribution in [1.29, 1.82) is 0 Å². The summed E-state index contributed by atoms with van der Waals surface area (Å²) in [6.07, 6.45) is 0. The maximum absolute atomic E-state index is 12.6. The van der Waals surface area contributed by atoms with E-state index in [0.29, 0.717) is 29.7 Å². The summed E-state index contributed by atoms with van der Waals surface area (Å²) >= 11 is 2.77. The van der Waals surface area contributed by atoms with Crippen molar-refractivity contribution >= 4 is 51.4 Å². The Morgan fingerprint density at radius 1 is 1.07 bits per heavy atom. The van der Waals surface area contributed by atoms with Gasteiger partial charge in [0, 0.05) is 31.4 Å². The van der Waals surface area contributed by atoms with Gasteiger partial charge in [0.05, 0.1) is 5.75 Å². The number of hydrogen-bond donors (Lipinski definition) is 2. The molecule has 2 amide bonds. The van der Waals surface area contributed by atoms with Crippen LogP contribution in [0.15, 0.2) is 58.9 Å². The molecule has 30 heavy (non-hydrogen) atoms. The molecule has 0 bridgehead atoms. The molecule has 0 atom stereocenters. The standard InChI is InChI=1S/C21H23N5O2S2/c1-3-26(13-16-8-5-4-6-9-16)19(28)14-29-21-25-24-20(30-21)23-18-11-7-10-17(12-18)22-15(2)27/h4-12H,3,13-14H2,1-2H3,(H,22,27)(H,23,24). The number of carbonyl (C=O) groups is 2. The summed E-state index contributed by atoms with van der Waals surface area (Å²) in [5.74, 6) is 0.256. The molecule has 0 radical (unpaired) electrons. The van der Waals surface area contributed by atoms with E-state index in [0.717, 1.165) is 15.6 Å². The van der Waals surface area contributed by atoms with Crippen molar-refractivity contribution in [2.75, 3.05) is 22.9 Å². The monoisotopic (exact) mass is 441 g/mol. The Labute approximate surface area is 183 Å². The Balaban J connectivity index is 1.53. The molecule has 9 heteroatoms. The Morgan fingerprint density at radius 2 is 1.83 bits per heavy atom. The topological polar surface area (TPSA) is 87.2 Å². The number of nitrogens with zero attached hydrogens (tertiary/aromatic N) is 3. The van der Waals surface area contributed by atoms with E-state index in [1.807, 2.05) is 66.4 Å². The van der Waals surface area contributed by atoms with Crippen molar-refractivity contribution in [3.63, 3.8) is 0 Å². The van der Waals surface area contributed by atoms with Gasteiger partial charge in [-0.25, -0.2) is 0 Å². The van der Waals surface area contributed by atoms with Crippen LogP contribution in [0.2, 0.25) is 0 Å². The van der Waals surface area contributed by atoms with E-state index >= 15 is 0 Å². The minimum absolute atomic E-state index is 0.0686. The van der Waals surface area contributed by atoms with Gasteiger partial charge in [0.2, 0.25) is 16.9 Å². The van der Waals surface area contributed by atoms with E-state index in [1.54, 1.807) is 0 Å². The van der Waals surface area contributed by atoms with Crippen molar-refractivity contribution in [3.8, 4) is 0 Å². The number of anilines is 3. The van der Waals surface area contributed by atoms with Crippen molar-refractivity contribution in [3.05, 3.63) is 60.2 Å². The van der Waals surface area contributed by atoms with Crippen LogP contribution in [0.3, 0.4) is 0 Å². The second-order valence-electron chi connectivity index (χ2n) is 6.44. The van der Waals surface area contributed by atoms with Gasteiger partial charge in [-0.2, -0.15) is 0 Å². The lowest BCUT2D eigenvalue weighted by molar-refractivity contribution is -0.128. The van der Waals surface area contributed by atoms with E-state index in [9.17, 15) is 9.59 Å². The number of benzene rings is 2. The van der Waals surface area contributed by atoms with Crippen LogP contribution in [0.4, 0.5) is 16.5 Å². The lowest BCUT2D eigenvalue weighted by Crippen LogP contribution is -2.31. The maximum Gasteiger partial charge on any atom is 0.233 e. The third-order valence-corrected chi connectivity index (χ3v) is 6.07. The number of carbonyl (C=O) groups excluding carboxylic acids is 2. The molecule has 1 aromatic heterocycles. The first-order valence-corrected chi connectivity index (χ1v) is 11.3. The highest BCUT2D eigenvalue weighted by atomic mass is 32.2. The molecule has 3 rings (SSSR count). The number of hydrogen-bond acceptors (Lipinski definition) is 7. The summed E-state index contributed by atoms with van der Waals surface area (Å²) in [5.41, 5.74) is 2.61. The molecule has 0 aliphatic carbocycles. The molecule has 156 valence electrons. The van der Waals surface area contributed by atoms with Gasteiger partial charge in [-0.3, -0.25) is 9.59 Å². The van der Waals surface area contributed by atoms with Gasteiger partial charge in [0.1, 0.15) is 0 Å². The first kappa shape index (κ1) is 21.8. The van der Waals surface area contributed by atoms with Crippen molar-refractivity contribution in [2.24, 2.45) is 0 Å². The Bertz CT molecular complexity index is 994. The van der Waals surface area contributed by atoms with Gasteiger partial charge in [-0.05, 0) is 30.7 Å². The van der Waals surface area contributed by atoms with Crippen LogP contribution in [0.25, 0.3) is 0 Å². The molecule has 2 N–H and O–H groups in total. The highest BCUT2D eigenvalue weighted by Crippen LogP contribution is 2.28. The average Bonchev–Trinajstić information content (AvgIpc) is 3.18. The number of nitrogens with one attached hydrogen (secondary N) is 2. The predicted molar refractivity (Wildman–Crippen MR) is 122 cm³/mol. The van der Waals surface area contributed by atoms with Gasteiger partial charge in [-0.1, -0.05) is 59.5 Å². The number of thioether (sulfide) groups is 1. The zero-order valence-corrected chi connectivity index (χ0v) is 18.4. The Hall–Kier alpha value is -2.91. The third kappa shape index (κ3) is 6.57. The first-order valence-electron chi connectivity index (χ1n) is 9.46. The summed E-state index contributed by atoms with van der Waals surface area (Å²) < 4.78 is 0.722. The Kier molecular flexibility index (Phi) is 7.81. The molecule has 0 fully saturated rings. The lowest BCUT2D eigenvalue weighted by Gasteiger charge is -2.20. The fourth-order valence-corrected chi connectivity index (χ4v) is 4.39. The summed E-state index contributed by atoms with van der Waals surface area (Å²) in [7, 11) is 0. The van der Waals surface area contributed by atoms with Crippen LogP contribution in [0.5, 0.6) is 0 Å². The molecule has 1 heterocycles. The smallest absolute Gasteiger partial charge is 0.233 e. The van der Waals surface area contributed by atoms with Crippen molar-refractivity contribution < 1.29 is 9.59 Å². The largest absolute Gasteiger partial charge is 0.338 e. The van der Waals surface area contributed by atoms with Gasteiger partial charge >= 0.3 is 0 Å². The first-order chi connectivity index (χ1) is 14.5. The van der Waals surface area contributed by atoms with E-state index in [4.69, 9.17) is 0 Å². The van der Waals surface area contributed by atoms with Crippen LogP contribution in [0.1, 0.15) is 19.4 Å². The fourth-order valence-electron chi connectivity index (χ4n) is 2.71.